The molecule has 0 saturated carbocycles. The molecular weight excluding hydrogens is 220 g/mol. The molecule has 0 aliphatic heterocycles. The Morgan fingerprint density at radius 1 is 1.31 bits per heavy atom. The zero-order valence-corrected chi connectivity index (χ0v) is 12.4. The first-order chi connectivity index (χ1) is 7.52. The predicted molar refractivity (Wildman–Crippen MR) is 74.4 cm³/mol. The van der Waals surface area contributed by atoms with Crippen LogP contribution in [-0.2, 0) is 4.74 Å². The van der Waals surface area contributed by atoms with Crippen LogP contribution in [0.2, 0.25) is 0 Å². The van der Waals surface area contributed by atoms with Crippen molar-refractivity contribution < 1.29 is 4.74 Å². The molecule has 0 heterocycles. The van der Waals surface area contributed by atoms with Crippen LogP contribution >= 0.6 is 11.8 Å². The second-order valence-corrected chi connectivity index (χ2v) is 5.55. The van der Waals surface area contributed by atoms with Gasteiger partial charge in [-0.2, -0.15) is 11.8 Å². The maximum absolute atomic E-state index is 5.30. The summed E-state index contributed by atoms with van der Waals surface area (Å²) in [6, 6.07) is 1.57. The van der Waals surface area contributed by atoms with Gasteiger partial charge in [0.15, 0.2) is 0 Å². The second kappa shape index (κ2) is 9.28. The Morgan fingerprint density at radius 2 is 1.94 bits per heavy atom. The highest BCUT2D eigenvalue weighted by Crippen LogP contribution is 2.08. The third-order valence-electron chi connectivity index (χ3n) is 2.80. The number of hydrogen-bond acceptors (Lipinski definition) is 4. The van der Waals surface area contributed by atoms with Gasteiger partial charge in [0.25, 0.3) is 0 Å². The Morgan fingerprint density at radius 3 is 2.38 bits per heavy atom. The van der Waals surface area contributed by atoms with E-state index in [0.29, 0.717) is 18.1 Å². The van der Waals surface area contributed by atoms with E-state index in [-0.39, 0.29) is 0 Å². The Balaban J connectivity index is 4.15. The highest BCUT2D eigenvalue weighted by molar-refractivity contribution is 7.98. The highest BCUT2D eigenvalue weighted by Gasteiger charge is 2.19. The molecule has 3 nitrogen and oxygen atoms in total. The first kappa shape index (κ1) is 16.2. The fraction of sp³-hybridized carbons (Fsp3) is 1.00. The molecule has 0 spiro atoms. The number of hydrogen-bond donors (Lipinski definition) is 1. The summed E-state index contributed by atoms with van der Waals surface area (Å²) in [6.45, 7) is 8.40. The normalized spacial score (nSPS) is 15.8. The molecule has 0 aromatic heterocycles. The lowest BCUT2D eigenvalue weighted by molar-refractivity contribution is 0.0883. The third kappa shape index (κ3) is 6.74. The van der Waals surface area contributed by atoms with Crippen molar-refractivity contribution in [1.29, 1.82) is 0 Å². The minimum atomic E-state index is 0.453. The fourth-order valence-electron chi connectivity index (χ4n) is 1.60. The lowest BCUT2D eigenvalue weighted by atomic mass is 10.2. The van der Waals surface area contributed by atoms with Gasteiger partial charge in [0.05, 0.1) is 6.61 Å². The summed E-state index contributed by atoms with van der Waals surface area (Å²) in [5.41, 5.74) is 0. The molecule has 0 radical (unpaired) electrons. The number of rotatable bonds is 9. The first-order valence-electron chi connectivity index (χ1n) is 5.96. The zero-order chi connectivity index (χ0) is 12.6. The first-order valence-corrected chi connectivity index (χ1v) is 7.35. The minimum absolute atomic E-state index is 0.453. The maximum atomic E-state index is 5.30. The molecule has 2 unspecified atom stereocenters. The molecule has 0 fully saturated rings. The number of thioether (sulfide) groups is 1. The van der Waals surface area contributed by atoms with Crippen LogP contribution in [0.1, 0.15) is 20.8 Å². The Bertz CT molecular complexity index is 167. The van der Waals surface area contributed by atoms with E-state index in [0.717, 1.165) is 13.2 Å². The Hall–Kier alpha value is 0.230. The summed E-state index contributed by atoms with van der Waals surface area (Å²) in [7, 11) is 3.96. The van der Waals surface area contributed by atoms with Crippen molar-refractivity contribution in [3.05, 3.63) is 0 Å². The van der Waals surface area contributed by atoms with E-state index in [1.807, 2.05) is 11.8 Å². The molecule has 0 amide bonds. The van der Waals surface area contributed by atoms with Crippen LogP contribution in [0.4, 0.5) is 0 Å². The van der Waals surface area contributed by atoms with Crippen molar-refractivity contribution in [2.24, 2.45) is 0 Å². The molecule has 2 atom stereocenters. The molecule has 0 bridgehead atoms. The largest absolute Gasteiger partial charge is 0.383 e. The quantitative estimate of drug-likeness (QED) is 0.671. The Kier molecular flexibility index (Phi) is 9.41. The summed E-state index contributed by atoms with van der Waals surface area (Å²) in [4.78, 5) is 2.41. The molecule has 16 heavy (non-hydrogen) atoms. The number of ether oxygens (including phenoxy) is 1. The van der Waals surface area contributed by atoms with E-state index in [4.69, 9.17) is 4.74 Å². The van der Waals surface area contributed by atoms with Crippen molar-refractivity contribution in [2.45, 2.75) is 38.9 Å². The van der Waals surface area contributed by atoms with Crippen LogP contribution in [-0.4, -0.2) is 62.3 Å². The molecular formula is C12H28N2OS. The van der Waals surface area contributed by atoms with E-state index in [1.165, 1.54) is 5.75 Å². The monoisotopic (exact) mass is 248 g/mol. The summed E-state index contributed by atoms with van der Waals surface area (Å²) in [5.74, 6) is 1.17. The summed E-state index contributed by atoms with van der Waals surface area (Å²) in [5, 5.41) is 3.48. The molecule has 1 N–H and O–H groups in total. The van der Waals surface area contributed by atoms with E-state index >= 15 is 0 Å². The van der Waals surface area contributed by atoms with E-state index in [1.54, 1.807) is 7.11 Å². The van der Waals surface area contributed by atoms with Crippen molar-refractivity contribution in [2.75, 3.05) is 39.3 Å². The lowest BCUT2D eigenvalue weighted by Gasteiger charge is -2.33. The Labute approximate surface area is 105 Å². The summed E-state index contributed by atoms with van der Waals surface area (Å²) >= 11 is 1.90. The van der Waals surface area contributed by atoms with E-state index < -0.39 is 0 Å². The van der Waals surface area contributed by atoms with Crippen LogP contribution in [0.15, 0.2) is 0 Å². The highest BCUT2D eigenvalue weighted by atomic mass is 32.2. The van der Waals surface area contributed by atoms with Crippen LogP contribution in [0.25, 0.3) is 0 Å². The number of nitrogens with one attached hydrogen (secondary N) is 1. The maximum Gasteiger partial charge on any atom is 0.0630 e. The van der Waals surface area contributed by atoms with Crippen molar-refractivity contribution in [3.8, 4) is 0 Å². The average Bonchev–Trinajstić information content (AvgIpc) is 2.23. The predicted octanol–water partition coefficient (Wildman–Crippen LogP) is 1.68. The van der Waals surface area contributed by atoms with Gasteiger partial charge in [0.1, 0.15) is 0 Å². The molecule has 0 saturated heterocycles. The summed E-state index contributed by atoms with van der Waals surface area (Å²) < 4.78 is 5.30. The fourth-order valence-corrected chi connectivity index (χ4v) is 2.32. The van der Waals surface area contributed by atoms with Gasteiger partial charge in [-0.25, -0.2) is 0 Å². The molecule has 0 aromatic rings. The second-order valence-electron chi connectivity index (χ2n) is 4.64. The van der Waals surface area contributed by atoms with Crippen molar-refractivity contribution >= 4 is 11.8 Å². The molecule has 0 aliphatic rings. The molecule has 0 rings (SSSR count). The number of nitrogens with zero attached hydrogens (tertiary/aromatic N) is 1. The van der Waals surface area contributed by atoms with Gasteiger partial charge < -0.3 is 10.1 Å². The lowest BCUT2D eigenvalue weighted by Crippen LogP contribution is -2.48. The number of likely N-dealkylation sites (N-methyl/N-ethyl adjacent to an activating group) is 1. The standard InChI is InChI=1S/C12H28N2OS/c1-10(2)13-7-12(8-15-5)14(4)11(3)9-16-6/h10-13H,7-9H2,1-6H3. The molecule has 0 aliphatic carbocycles. The molecule has 4 heteroatoms. The molecule has 0 aromatic carbocycles. The van der Waals surface area contributed by atoms with Gasteiger partial charge >= 0.3 is 0 Å². The van der Waals surface area contributed by atoms with Gasteiger partial charge in [-0.05, 0) is 20.2 Å². The minimum Gasteiger partial charge on any atom is -0.383 e. The van der Waals surface area contributed by atoms with Gasteiger partial charge in [0, 0.05) is 37.5 Å². The van der Waals surface area contributed by atoms with Crippen LogP contribution in [0.3, 0.4) is 0 Å². The SMILES string of the molecule is COCC(CNC(C)C)N(C)C(C)CSC. The van der Waals surface area contributed by atoms with Crippen LogP contribution < -0.4 is 5.32 Å². The smallest absolute Gasteiger partial charge is 0.0630 e. The van der Waals surface area contributed by atoms with Crippen molar-refractivity contribution in [3.63, 3.8) is 0 Å². The van der Waals surface area contributed by atoms with Crippen molar-refractivity contribution in [1.82, 2.24) is 10.2 Å². The van der Waals surface area contributed by atoms with Gasteiger partial charge in [0.2, 0.25) is 0 Å². The van der Waals surface area contributed by atoms with Gasteiger partial charge in [-0.3, -0.25) is 4.90 Å². The topological polar surface area (TPSA) is 24.5 Å². The number of methoxy groups -OCH3 is 1. The molecule has 98 valence electrons. The summed E-state index contributed by atoms with van der Waals surface area (Å²) in [6.07, 6.45) is 2.15. The van der Waals surface area contributed by atoms with Crippen LogP contribution in [0.5, 0.6) is 0 Å². The average molecular weight is 248 g/mol. The zero-order valence-electron chi connectivity index (χ0n) is 11.6. The van der Waals surface area contributed by atoms with Crippen LogP contribution in [0, 0.1) is 0 Å². The van der Waals surface area contributed by atoms with Gasteiger partial charge in [-0.1, -0.05) is 13.8 Å². The third-order valence-corrected chi connectivity index (χ3v) is 3.62. The van der Waals surface area contributed by atoms with E-state index in [2.05, 4.69) is 44.3 Å². The van der Waals surface area contributed by atoms with Gasteiger partial charge in [-0.15, -0.1) is 0 Å². The van der Waals surface area contributed by atoms with E-state index in [9.17, 15) is 0 Å².